The van der Waals surface area contributed by atoms with Crippen LogP contribution in [0.3, 0.4) is 0 Å². The number of H-pyrrole nitrogens is 1. The molecule has 1 aromatic rings. The second-order valence-corrected chi connectivity index (χ2v) is 4.24. The first kappa shape index (κ1) is 8.84. The summed E-state index contributed by atoms with van der Waals surface area (Å²) in [4.78, 5) is 14.3. The van der Waals surface area contributed by atoms with Crippen LogP contribution in [0.15, 0.2) is 10.9 Å². The molecule has 70 valence electrons. The Bertz CT molecular complexity index is 372. The number of pyridine rings is 1. The Labute approximate surface area is 80.7 Å². The fourth-order valence-electron chi connectivity index (χ4n) is 1.52. The molecule has 0 radical (unpaired) electrons. The summed E-state index contributed by atoms with van der Waals surface area (Å²) < 4.78 is 0. The maximum absolute atomic E-state index is 11.4. The van der Waals surface area contributed by atoms with Gasteiger partial charge in [-0.25, -0.2) is 0 Å². The van der Waals surface area contributed by atoms with Crippen LogP contribution < -0.4 is 11.3 Å². The van der Waals surface area contributed by atoms with E-state index >= 15 is 0 Å². The van der Waals surface area contributed by atoms with Gasteiger partial charge in [0.25, 0.3) is 5.56 Å². The van der Waals surface area contributed by atoms with Gasteiger partial charge in [0.05, 0.1) is 0 Å². The summed E-state index contributed by atoms with van der Waals surface area (Å²) in [6.07, 6.45) is 0.972. The summed E-state index contributed by atoms with van der Waals surface area (Å²) in [7, 11) is 0. The molecule has 0 saturated carbocycles. The molecule has 1 aliphatic heterocycles. The van der Waals surface area contributed by atoms with Crippen molar-refractivity contribution in [2.24, 2.45) is 5.73 Å². The predicted octanol–water partition coefficient (Wildman–Crippen LogP) is 0.623. The summed E-state index contributed by atoms with van der Waals surface area (Å²) in [5, 5.41) is 0. The predicted molar refractivity (Wildman–Crippen MR) is 54.8 cm³/mol. The van der Waals surface area contributed by atoms with Gasteiger partial charge in [0.2, 0.25) is 0 Å². The number of hydrogen-bond donors (Lipinski definition) is 2. The maximum atomic E-state index is 11.4. The van der Waals surface area contributed by atoms with Gasteiger partial charge >= 0.3 is 0 Å². The van der Waals surface area contributed by atoms with Crippen LogP contribution in [0.5, 0.6) is 0 Å². The Balaban J connectivity index is 2.51. The molecule has 0 unspecified atom stereocenters. The SMILES string of the molecule is NCc1cc2c([nH]c1=O)CCSC2. The summed E-state index contributed by atoms with van der Waals surface area (Å²) in [6.45, 7) is 0.327. The molecule has 4 heteroatoms. The standard InChI is InChI=1S/C9H12N2OS/c10-4-6-3-7-5-13-2-1-8(7)11-9(6)12/h3H,1-2,4-5,10H2,(H,11,12). The zero-order valence-corrected chi connectivity index (χ0v) is 8.12. The molecule has 0 spiro atoms. The number of hydrogen-bond acceptors (Lipinski definition) is 3. The molecule has 13 heavy (non-hydrogen) atoms. The highest BCUT2D eigenvalue weighted by Gasteiger charge is 2.11. The first-order chi connectivity index (χ1) is 6.31. The summed E-state index contributed by atoms with van der Waals surface area (Å²) >= 11 is 1.90. The quantitative estimate of drug-likeness (QED) is 0.692. The third-order valence-electron chi connectivity index (χ3n) is 2.27. The van der Waals surface area contributed by atoms with E-state index in [4.69, 9.17) is 5.73 Å². The molecule has 2 rings (SSSR count). The molecule has 0 saturated heterocycles. The van der Waals surface area contributed by atoms with Gasteiger partial charge in [0, 0.05) is 23.6 Å². The van der Waals surface area contributed by atoms with E-state index in [0.29, 0.717) is 12.1 Å². The van der Waals surface area contributed by atoms with E-state index in [1.807, 2.05) is 17.8 Å². The first-order valence-corrected chi connectivity index (χ1v) is 5.48. The smallest absolute Gasteiger partial charge is 0.252 e. The molecule has 1 aliphatic rings. The summed E-state index contributed by atoms with van der Waals surface area (Å²) in [5.74, 6) is 2.10. The fraction of sp³-hybridized carbons (Fsp3) is 0.444. The molecule has 0 fully saturated rings. The molecule has 0 atom stereocenters. The van der Waals surface area contributed by atoms with E-state index in [1.165, 1.54) is 5.56 Å². The topological polar surface area (TPSA) is 58.9 Å². The Kier molecular flexibility index (Phi) is 2.42. The average molecular weight is 196 g/mol. The lowest BCUT2D eigenvalue weighted by atomic mass is 10.1. The van der Waals surface area contributed by atoms with Crippen LogP contribution in [0.25, 0.3) is 0 Å². The van der Waals surface area contributed by atoms with Crippen LogP contribution in [-0.2, 0) is 18.7 Å². The van der Waals surface area contributed by atoms with Gasteiger partial charge in [-0.3, -0.25) is 4.79 Å². The van der Waals surface area contributed by atoms with Gasteiger partial charge in [-0.2, -0.15) is 11.8 Å². The molecule has 0 amide bonds. The van der Waals surface area contributed by atoms with Crippen LogP contribution >= 0.6 is 11.8 Å². The highest BCUT2D eigenvalue weighted by molar-refractivity contribution is 7.98. The fourth-order valence-corrected chi connectivity index (χ4v) is 2.49. The minimum atomic E-state index is -0.0202. The minimum Gasteiger partial charge on any atom is -0.326 e. The second-order valence-electron chi connectivity index (χ2n) is 3.13. The van der Waals surface area contributed by atoms with Gasteiger partial charge in [-0.05, 0) is 23.8 Å². The van der Waals surface area contributed by atoms with Gasteiger partial charge in [0.15, 0.2) is 0 Å². The largest absolute Gasteiger partial charge is 0.326 e. The first-order valence-electron chi connectivity index (χ1n) is 4.33. The van der Waals surface area contributed by atoms with E-state index in [1.54, 1.807) is 0 Å². The van der Waals surface area contributed by atoms with Crippen LogP contribution in [0.2, 0.25) is 0 Å². The Morgan fingerprint density at radius 3 is 3.23 bits per heavy atom. The molecule has 0 aromatic carbocycles. The van der Waals surface area contributed by atoms with Crippen molar-refractivity contribution in [3.63, 3.8) is 0 Å². The van der Waals surface area contributed by atoms with Crippen molar-refractivity contribution in [3.8, 4) is 0 Å². The number of aryl methyl sites for hydroxylation is 1. The normalized spacial score (nSPS) is 15.5. The van der Waals surface area contributed by atoms with Crippen molar-refractivity contribution in [1.29, 1.82) is 0 Å². The zero-order valence-electron chi connectivity index (χ0n) is 7.30. The Morgan fingerprint density at radius 1 is 1.62 bits per heavy atom. The number of nitrogens with two attached hydrogens (primary N) is 1. The average Bonchev–Trinajstić information content (AvgIpc) is 2.17. The van der Waals surface area contributed by atoms with E-state index in [0.717, 1.165) is 23.6 Å². The van der Waals surface area contributed by atoms with Crippen molar-refractivity contribution < 1.29 is 0 Å². The third-order valence-corrected chi connectivity index (χ3v) is 3.27. The van der Waals surface area contributed by atoms with Gasteiger partial charge < -0.3 is 10.7 Å². The highest BCUT2D eigenvalue weighted by atomic mass is 32.2. The van der Waals surface area contributed by atoms with E-state index in [9.17, 15) is 4.79 Å². The maximum Gasteiger partial charge on any atom is 0.252 e. The molecule has 1 aromatic heterocycles. The van der Waals surface area contributed by atoms with Crippen molar-refractivity contribution in [1.82, 2.24) is 4.98 Å². The molecule has 2 heterocycles. The number of rotatable bonds is 1. The molecule has 3 nitrogen and oxygen atoms in total. The lowest BCUT2D eigenvalue weighted by Crippen LogP contribution is -2.20. The van der Waals surface area contributed by atoms with Crippen LogP contribution in [-0.4, -0.2) is 10.7 Å². The minimum absolute atomic E-state index is 0.0202. The zero-order chi connectivity index (χ0) is 9.26. The van der Waals surface area contributed by atoms with Gasteiger partial charge in [-0.15, -0.1) is 0 Å². The van der Waals surface area contributed by atoms with Gasteiger partial charge in [0.1, 0.15) is 0 Å². The van der Waals surface area contributed by atoms with Crippen molar-refractivity contribution in [2.75, 3.05) is 5.75 Å². The highest BCUT2D eigenvalue weighted by Crippen LogP contribution is 2.22. The number of fused-ring (bicyclic) bond motifs is 1. The number of thioether (sulfide) groups is 1. The molecular weight excluding hydrogens is 184 g/mol. The Hall–Kier alpha value is -0.740. The number of aromatic nitrogens is 1. The summed E-state index contributed by atoms with van der Waals surface area (Å²) in [6, 6.07) is 1.94. The van der Waals surface area contributed by atoms with Crippen molar-refractivity contribution in [2.45, 2.75) is 18.7 Å². The van der Waals surface area contributed by atoms with Gasteiger partial charge in [-0.1, -0.05) is 0 Å². The lowest BCUT2D eigenvalue weighted by Gasteiger charge is -2.15. The molecule has 0 aliphatic carbocycles. The van der Waals surface area contributed by atoms with Crippen LogP contribution in [0.1, 0.15) is 16.8 Å². The van der Waals surface area contributed by atoms with Crippen molar-refractivity contribution >= 4 is 11.8 Å². The van der Waals surface area contributed by atoms with Crippen LogP contribution in [0.4, 0.5) is 0 Å². The van der Waals surface area contributed by atoms with Crippen LogP contribution in [0, 0.1) is 0 Å². The number of nitrogens with one attached hydrogen (secondary N) is 1. The summed E-state index contributed by atoms with van der Waals surface area (Å²) in [5.41, 5.74) is 8.48. The number of aromatic amines is 1. The third kappa shape index (κ3) is 1.64. The second kappa shape index (κ2) is 3.55. The lowest BCUT2D eigenvalue weighted by molar-refractivity contribution is 0.927. The monoisotopic (exact) mass is 196 g/mol. The van der Waals surface area contributed by atoms with E-state index in [2.05, 4.69) is 4.98 Å². The van der Waals surface area contributed by atoms with E-state index in [-0.39, 0.29) is 5.56 Å². The Morgan fingerprint density at radius 2 is 2.46 bits per heavy atom. The van der Waals surface area contributed by atoms with E-state index < -0.39 is 0 Å². The van der Waals surface area contributed by atoms with Crippen molar-refractivity contribution in [3.05, 3.63) is 33.2 Å². The molecular formula is C9H12N2OS. The molecule has 3 N–H and O–H groups in total. The molecule has 0 bridgehead atoms.